The van der Waals surface area contributed by atoms with Crippen LogP contribution in [0.4, 0.5) is 0 Å². The van der Waals surface area contributed by atoms with E-state index in [0.717, 1.165) is 12.8 Å². The molecule has 0 bridgehead atoms. The predicted octanol–water partition coefficient (Wildman–Crippen LogP) is 4.91. The average Bonchev–Trinajstić information content (AvgIpc) is 3.12. The highest BCUT2D eigenvalue weighted by Gasteiger charge is 2.40. The summed E-state index contributed by atoms with van der Waals surface area (Å²) in [7, 11) is 0. The molecule has 1 saturated heterocycles. The molecule has 5 nitrogen and oxygen atoms in total. The first-order valence-corrected chi connectivity index (χ1v) is 12.6. The molecule has 30 heavy (non-hydrogen) atoms. The standard InChI is InChI=1S/C25H48O5/c1-2-3-4-5-6-7-8-9-10-11-12-13-14-15-16-17-18-19-29-25-23(28)21-30-24(25)22(27)20-26/h11-12,22-28H,2-10,13-21H2,1H3/b12-11+/t22-,23+,24-,25-/m1/s1. The number of rotatable bonds is 20. The summed E-state index contributed by atoms with van der Waals surface area (Å²) < 4.78 is 11.0. The Kier molecular flexibility index (Phi) is 17.7. The van der Waals surface area contributed by atoms with E-state index in [-0.39, 0.29) is 13.2 Å². The van der Waals surface area contributed by atoms with Gasteiger partial charge in [0.15, 0.2) is 0 Å². The van der Waals surface area contributed by atoms with Gasteiger partial charge in [-0.15, -0.1) is 0 Å². The summed E-state index contributed by atoms with van der Waals surface area (Å²) in [6.45, 7) is 2.59. The van der Waals surface area contributed by atoms with E-state index < -0.39 is 24.4 Å². The Labute approximate surface area is 184 Å². The third-order valence-electron chi connectivity index (χ3n) is 5.95. The lowest BCUT2D eigenvalue weighted by Crippen LogP contribution is -2.42. The maximum atomic E-state index is 9.90. The molecule has 0 spiro atoms. The van der Waals surface area contributed by atoms with Crippen LogP contribution >= 0.6 is 0 Å². The summed E-state index contributed by atoms with van der Waals surface area (Å²) in [6.07, 6.45) is 21.0. The van der Waals surface area contributed by atoms with Gasteiger partial charge in [0.2, 0.25) is 0 Å². The Morgan fingerprint density at radius 3 is 1.97 bits per heavy atom. The molecule has 1 heterocycles. The molecular formula is C25H48O5. The van der Waals surface area contributed by atoms with Crippen molar-refractivity contribution in [2.45, 2.75) is 128 Å². The summed E-state index contributed by atoms with van der Waals surface area (Å²) in [4.78, 5) is 0. The van der Waals surface area contributed by atoms with Gasteiger partial charge < -0.3 is 24.8 Å². The lowest BCUT2D eigenvalue weighted by atomic mass is 10.1. The molecule has 0 aromatic carbocycles. The minimum Gasteiger partial charge on any atom is -0.394 e. The third kappa shape index (κ3) is 13.1. The molecule has 0 amide bonds. The second-order valence-electron chi connectivity index (χ2n) is 8.74. The van der Waals surface area contributed by atoms with Crippen LogP contribution in [0.15, 0.2) is 12.2 Å². The van der Waals surface area contributed by atoms with Crippen LogP contribution in [0.5, 0.6) is 0 Å². The van der Waals surface area contributed by atoms with Crippen LogP contribution in [-0.4, -0.2) is 59.6 Å². The molecule has 0 saturated carbocycles. The average molecular weight is 429 g/mol. The van der Waals surface area contributed by atoms with Crippen LogP contribution < -0.4 is 0 Å². The molecular weight excluding hydrogens is 380 g/mol. The summed E-state index contributed by atoms with van der Waals surface area (Å²) >= 11 is 0. The monoisotopic (exact) mass is 428 g/mol. The fraction of sp³-hybridized carbons (Fsp3) is 0.920. The van der Waals surface area contributed by atoms with Crippen molar-refractivity contribution in [3.63, 3.8) is 0 Å². The van der Waals surface area contributed by atoms with Crippen molar-refractivity contribution in [3.05, 3.63) is 12.2 Å². The van der Waals surface area contributed by atoms with Crippen LogP contribution in [-0.2, 0) is 9.47 Å². The highest BCUT2D eigenvalue weighted by Crippen LogP contribution is 2.21. The first-order valence-electron chi connectivity index (χ1n) is 12.6. The van der Waals surface area contributed by atoms with Crippen molar-refractivity contribution in [1.82, 2.24) is 0 Å². The van der Waals surface area contributed by atoms with Crippen molar-refractivity contribution in [2.75, 3.05) is 19.8 Å². The summed E-state index contributed by atoms with van der Waals surface area (Å²) in [5, 5.41) is 28.7. The Bertz CT molecular complexity index is 401. The molecule has 3 N–H and O–H groups in total. The zero-order valence-corrected chi connectivity index (χ0v) is 19.4. The lowest BCUT2D eigenvalue weighted by molar-refractivity contribution is -0.0938. The number of hydrogen-bond acceptors (Lipinski definition) is 5. The van der Waals surface area contributed by atoms with Gasteiger partial charge in [-0.05, 0) is 32.1 Å². The van der Waals surface area contributed by atoms with Gasteiger partial charge in [0, 0.05) is 6.61 Å². The van der Waals surface area contributed by atoms with Gasteiger partial charge in [-0.3, -0.25) is 0 Å². The Hall–Kier alpha value is -0.460. The number of aliphatic hydroxyl groups excluding tert-OH is 3. The highest BCUT2D eigenvalue weighted by atomic mass is 16.6. The minimum absolute atomic E-state index is 0.152. The molecule has 0 unspecified atom stereocenters. The van der Waals surface area contributed by atoms with E-state index in [2.05, 4.69) is 19.1 Å². The molecule has 0 radical (unpaired) electrons. The maximum Gasteiger partial charge on any atom is 0.114 e. The second-order valence-corrected chi connectivity index (χ2v) is 8.74. The third-order valence-corrected chi connectivity index (χ3v) is 5.95. The van der Waals surface area contributed by atoms with Crippen LogP contribution in [0.3, 0.4) is 0 Å². The van der Waals surface area contributed by atoms with Crippen molar-refractivity contribution < 1.29 is 24.8 Å². The van der Waals surface area contributed by atoms with Gasteiger partial charge >= 0.3 is 0 Å². The van der Waals surface area contributed by atoms with Gasteiger partial charge in [-0.25, -0.2) is 0 Å². The largest absolute Gasteiger partial charge is 0.394 e. The van der Waals surface area contributed by atoms with Crippen LogP contribution in [0, 0.1) is 0 Å². The first-order chi connectivity index (χ1) is 14.7. The van der Waals surface area contributed by atoms with E-state index >= 15 is 0 Å². The first kappa shape index (κ1) is 27.6. The van der Waals surface area contributed by atoms with Gasteiger partial charge in [-0.1, -0.05) is 83.3 Å². The van der Waals surface area contributed by atoms with E-state index in [0.29, 0.717) is 6.61 Å². The van der Waals surface area contributed by atoms with Gasteiger partial charge in [0.25, 0.3) is 0 Å². The Morgan fingerprint density at radius 2 is 1.40 bits per heavy atom. The SMILES string of the molecule is CCCCCCCCCC/C=C/CCCCCCCO[C@H]1[C@@H]([C@H](O)CO)OC[C@@H]1O. The molecule has 0 aliphatic carbocycles. The highest BCUT2D eigenvalue weighted by molar-refractivity contribution is 4.89. The number of unbranched alkanes of at least 4 members (excludes halogenated alkanes) is 13. The molecule has 1 aliphatic heterocycles. The van der Waals surface area contributed by atoms with E-state index in [4.69, 9.17) is 14.6 Å². The molecule has 178 valence electrons. The fourth-order valence-electron chi connectivity index (χ4n) is 4.00. The molecule has 1 aliphatic rings. The summed E-state index contributed by atoms with van der Waals surface area (Å²) in [5.74, 6) is 0. The summed E-state index contributed by atoms with van der Waals surface area (Å²) in [5.41, 5.74) is 0. The van der Waals surface area contributed by atoms with Crippen LogP contribution in [0.2, 0.25) is 0 Å². The van der Waals surface area contributed by atoms with E-state index in [1.54, 1.807) is 0 Å². The van der Waals surface area contributed by atoms with Crippen molar-refractivity contribution in [1.29, 1.82) is 0 Å². The number of ether oxygens (including phenoxy) is 2. The number of allylic oxidation sites excluding steroid dienone is 2. The minimum atomic E-state index is -1.00. The number of aliphatic hydroxyl groups is 3. The molecule has 1 fully saturated rings. The van der Waals surface area contributed by atoms with Crippen molar-refractivity contribution >= 4 is 0 Å². The topological polar surface area (TPSA) is 79.2 Å². The normalized spacial score (nSPS) is 22.9. The smallest absolute Gasteiger partial charge is 0.114 e. The zero-order chi connectivity index (χ0) is 21.9. The lowest BCUT2D eigenvalue weighted by Gasteiger charge is -2.23. The quantitative estimate of drug-likeness (QED) is 0.190. The van der Waals surface area contributed by atoms with Crippen molar-refractivity contribution in [3.8, 4) is 0 Å². The van der Waals surface area contributed by atoms with E-state index in [9.17, 15) is 10.2 Å². The van der Waals surface area contributed by atoms with Gasteiger partial charge in [0.05, 0.1) is 13.2 Å². The maximum absolute atomic E-state index is 9.90. The van der Waals surface area contributed by atoms with Crippen LogP contribution in [0.1, 0.15) is 103 Å². The molecule has 4 atom stereocenters. The van der Waals surface area contributed by atoms with Gasteiger partial charge in [-0.2, -0.15) is 0 Å². The second kappa shape index (κ2) is 19.2. The van der Waals surface area contributed by atoms with E-state index in [1.165, 1.54) is 83.5 Å². The fourth-order valence-corrected chi connectivity index (χ4v) is 4.00. The van der Waals surface area contributed by atoms with Gasteiger partial charge in [0.1, 0.15) is 24.4 Å². The molecule has 1 rings (SSSR count). The zero-order valence-electron chi connectivity index (χ0n) is 19.4. The number of hydrogen-bond donors (Lipinski definition) is 3. The summed E-state index contributed by atoms with van der Waals surface area (Å²) in [6, 6.07) is 0. The van der Waals surface area contributed by atoms with Crippen LogP contribution in [0.25, 0.3) is 0 Å². The van der Waals surface area contributed by atoms with Crippen molar-refractivity contribution in [2.24, 2.45) is 0 Å². The Morgan fingerprint density at radius 1 is 0.867 bits per heavy atom. The predicted molar refractivity (Wildman–Crippen MR) is 123 cm³/mol. The molecule has 0 aromatic rings. The Balaban J connectivity index is 1.86. The molecule has 5 heteroatoms. The van der Waals surface area contributed by atoms with E-state index in [1.807, 2.05) is 0 Å². The molecule has 0 aromatic heterocycles.